The third kappa shape index (κ3) is 19.3. The number of nitrogens with one attached hydrogen (secondary N) is 8. The Bertz CT molecular complexity index is 3360. The summed E-state index contributed by atoms with van der Waals surface area (Å²) >= 11 is 0. The fourth-order valence-electron chi connectivity index (χ4n) is 14.3. The number of hydrogen-bond donors (Lipinski definition) is 13. The molecule has 1 aromatic heterocycles. The Labute approximate surface area is 573 Å². The van der Waals surface area contributed by atoms with Gasteiger partial charge in [0, 0.05) is 75.6 Å². The molecule has 33 nitrogen and oxygen atoms in total. The van der Waals surface area contributed by atoms with E-state index in [1.54, 1.807) is 20.0 Å². The maximum Gasteiger partial charge on any atom is 0.326 e. The summed E-state index contributed by atoms with van der Waals surface area (Å²) in [6.45, 7) is 3.91. The number of guanidine groups is 1. The van der Waals surface area contributed by atoms with Crippen LogP contribution >= 0.6 is 0 Å². The normalized spacial score (nSPS) is 22.3. The van der Waals surface area contributed by atoms with Crippen molar-refractivity contribution in [2.45, 2.75) is 215 Å². The summed E-state index contributed by atoms with van der Waals surface area (Å²) in [6, 6.07) is -5.27. The summed E-state index contributed by atoms with van der Waals surface area (Å²) < 4.78 is 0. The number of benzene rings is 1. The number of aliphatic imine (C=N–C) groups is 1. The van der Waals surface area contributed by atoms with Crippen LogP contribution in [0.3, 0.4) is 0 Å². The summed E-state index contributed by atoms with van der Waals surface area (Å²) in [5, 5.41) is 39.3. The third-order valence-corrected chi connectivity index (χ3v) is 19.8. The highest BCUT2D eigenvalue weighted by Crippen LogP contribution is 2.29. The molecule has 12 amide bonds. The molecule has 0 spiro atoms. The van der Waals surface area contributed by atoms with Crippen molar-refractivity contribution in [3.63, 3.8) is 0 Å². The molecular formula is C66H97N17O16. The smallest absolute Gasteiger partial charge is 0.326 e. The Morgan fingerprint density at radius 3 is 1.77 bits per heavy atom. The van der Waals surface area contributed by atoms with Crippen molar-refractivity contribution >= 4 is 99.7 Å². The number of nitrogens with two attached hydrogens (primary N) is 3. The second-order valence-corrected chi connectivity index (χ2v) is 26.6. The summed E-state index contributed by atoms with van der Waals surface area (Å²) in [4.78, 5) is 207. The SMILES string of the molecule is CC[C@H](C)[C@H](NC(=O)[C@H](CCC(=O)O)NC(=O)[C@@H]1CCCN1C(=O)CNC(=O)[C@@H]1CCCN1C(=O)[C@H](CCCN=C(N)N)NC(=O)[C@@H]1CCCN1C(=O)[C@H](Cc1c[nH]c2ccccc12)NC(=O)[C@H](CCCCN)NC(=O)[C@@H]1CCC(=O)N1)C(=O)N1CCC[C@H]1C(=O)N1CCC[C@H]1C(=O)O. The number of aromatic nitrogens is 1. The largest absolute Gasteiger partial charge is 0.481 e. The number of carboxylic acid groups (broad SMARTS) is 2. The van der Waals surface area contributed by atoms with Crippen molar-refractivity contribution in [1.29, 1.82) is 0 Å². The van der Waals surface area contributed by atoms with E-state index in [9.17, 15) is 72.5 Å². The van der Waals surface area contributed by atoms with Crippen molar-refractivity contribution in [2.24, 2.45) is 28.1 Å². The minimum absolute atomic E-state index is 0.0156. The number of amides is 12. The third-order valence-electron chi connectivity index (χ3n) is 19.8. The molecule has 0 radical (unpaired) electrons. The molecule has 6 aliphatic heterocycles. The lowest BCUT2D eigenvalue weighted by Crippen LogP contribution is -2.60. The predicted octanol–water partition coefficient (Wildman–Crippen LogP) is -2.34. The van der Waals surface area contributed by atoms with Crippen LogP contribution in [0, 0.1) is 5.92 Å². The topological polar surface area (TPSA) is 486 Å². The van der Waals surface area contributed by atoms with Gasteiger partial charge >= 0.3 is 11.9 Å². The van der Waals surface area contributed by atoms with E-state index in [0.717, 1.165) is 10.9 Å². The van der Waals surface area contributed by atoms with Crippen LogP contribution in [0.25, 0.3) is 10.9 Å². The van der Waals surface area contributed by atoms with Gasteiger partial charge in [0.05, 0.1) is 6.54 Å². The molecule has 1 aromatic carbocycles. The maximum absolute atomic E-state index is 15.1. The van der Waals surface area contributed by atoms with Crippen molar-refractivity contribution in [2.75, 3.05) is 52.4 Å². The molecular weight excluding hydrogens is 1290 g/mol. The van der Waals surface area contributed by atoms with Gasteiger partial charge in [-0.15, -0.1) is 0 Å². The Morgan fingerprint density at radius 2 is 1.15 bits per heavy atom. The molecule has 16 N–H and O–H groups in total. The van der Waals surface area contributed by atoms with Gasteiger partial charge in [-0.05, 0) is 133 Å². The molecule has 8 rings (SSSR count). The van der Waals surface area contributed by atoms with Gasteiger partial charge in [0.2, 0.25) is 70.9 Å². The van der Waals surface area contributed by atoms with Gasteiger partial charge in [0.25, 0.3) is 0 Å². The van der Waals surface area contributed by atoms with Crippen LogP contribution in [0.15, 0.2) is 35.5 Å². The molecule has 99 heavy (non-hydrogen) atoms. The van der Waals surface area contributed by atoms with Gasteiger partial charge < -0.3 is 94.1 Å². The molecule has 0 saturated carbocycles. The first-order chi connectivity index (χ1) is 47.4. The lowest BCUT2D eigenvalue weighted by atomic mass is 9.96. The Kier molecular flexibility index (Phi) is 26.9. The number of H-pyrrole nitrogens is 1. The highest BCUT2D eigenvalue weighted by atomic mass is 16.4. The van der Waals surface area contributed by atoms with Gasteiger partial charge in [-0.25, -0.2) is 4.79 Å². The minimum Gasteiger partial charge on any atom is -0.481 e. The van der Waals surface area contributed by atoms with Gasteiger partial charge in [-0.3, -0.25) is 67.3 Å². The number of unbranched alkanes of at least 4 members (excludes halogenated alkanes) is 1. The van der Waals surface area contributed by atoms with E-state index in [-0.39, 0.29) is 122 Å². The number of likely N-dealkylation sites (tertiary alicyclic amines) is 5. The number of carbonyl (C=O) groups excluding carboxylic acids is 12. The van der Waals surface area contributed by atoms with E-state index in [1.807, 2.05) is 24.3 Å². The number of carbonyl (C=O) groups is 14. The first-order valence-corrected chi connectivity index (χ1v) is 34.8. The van der Waals surface area contributed by atoms with E-state index in [2.05, 4.69) is 47.2 Å². The van der Waals surface area contributed by atoms with Crippen molar-refractivity contribution in [1.82, 2.24) is 66.7 Å². The zero-order chi connectivity index (χ0) is 71.6. The number of aliphatic carboxylic acids is 2. The second-order valence-electron chi connectivity index (χ2n) is 26.6. The van der Waals surface area contributed by atoms with Crippen LogP contribution in [0.2, 0.25) is 0 Å². The average molecular weight is 1380 g/mol. The summed E-state index contributed by atoms with van der Waals surface area (Å²) in [7, 11) is 0. The van der Waals surface area contributed by atoms with Crippen molar-refractivity contribution in [3.05, 3.63) is 36.0 Å². The summed E-state index contributed by atoms with van der Waals surface area (Å²) in [6.07, 6.45) is 5.87. The van der Waals surface area contributed by atoms with Crippen LogP contribution in [-0.2, 0) is 73.5 Å². The number of para-hydroxylation sites is 1. The molecule has 0 unspecified atom stereocenters. The minimum atomic E-state index is -1.51. The van der Waals surface area contributed by atoms with Crippen molar-refractivity contribution in [3.8, 4) is 0 Å². The number of hydrogen-bond acceptors (Lipinski definition) is 16. The number of aromatic amines is 1. The lowest BCUT2D eigenvalue weighted by molar-refractivity contribution is -0.152. The molecule has 542 valence electrons. The fourth-order valence-corrected chi connectivity index (χ4v) is 14.3. The summed E-state index contributed by atoms with van der Waals surface area (Å²) in [5.41, 5.74) is 18.5. The molecule has 0 bridgehead atoms. The predicted molar refractivity (Wildman–Crippen MR) is 356 cm³/mol. The van der Waals surface area contributed by atoms with E-state index in [4.69, 9.17) is 17.2 Å². The molecule has 6 saturated heterocycles. The Balaban J connectivity index is 0.915. The number of carboxylic acids is 2. The zero-order valence-corrected chi connectivity index (χ0v) is 56.3. The standard InChI is InChI=1S/C66H97N17O16/c1-3-37(2)54(64(97)82-32-12-21-49(82)63(96)83-33-13-22-50(83)65(98)99)78-57(90)43(24-26-53(86)87)75-59(92)47-19-9-29-79(47)52(85)36-72-58(91)46-18-10-30-80(46)61(94)44(17-8-28-70-66(68)69)76-60(93)48-20-11-31-81(48)62(95)45(34-38-35-71-40-15-5-4-14-39(38)40)77-55(88)41(16-6-7-27-67)74-56(89)42-23-25-51(84)73-42/h4-5,14-15,35,37,41-50,54,71H,3,6-13,16-34,36,67H2,1-2H3,(H,72,91)(H,73,84)(H,74,89)(H,75,92)(H,76,93)(H,77,88)(H,78,90)(H,86,87)(H,98,99)(H4,68,69,70)/t37-,41-,42-,43-,44-,45-,46-,47-,48-,49-,50-,54-/m0/s1. The number of fused-ring (bicyclic) bond motifs is 1. The quantitative estimate of drug-likeness (QED) is 0.0202. The molecule has 33 heteroatoms. The molecule has 0 aliphatic carbocycles. The Morgan fingerprint density at radius 1 is 0.606 bits per heavy atom. The second kappa shape index (κ2) is 35.4. The van der Waals surface area contributed by atoms with E-state index >= 15 is 4.79 Å². The van der Waals surface area contributed by atoms with Crippen LogP contribution in [-0.4, -0.2) is 247 Å². The molecule has 12 atom stereocenters. The first-order valence-electron chi connectivity index (χ1n) is 34.8. The summed E-state index contributed by atoms with van der Waals surface area (Å²) in [5.74, 6) is -10.7. The fraction of sp³-hybridized carbons (Fsp3) is 0.652. The first kappa shape index (κ1) is 75.3. The van der Waals surface area contributed by atoms with Crippen LogP contribution in [0.1, 0.15) is 148 Å². The highest BCUT2D eigenvalue weighted by molar-refractivity contribution is 6.00. The van der Waals surface area contributed by atoms with Gasteiger partial charge in [-0.2, -0.15) is 0 Å². The number of rotatable bonds is 33. The lowest BCUT2D eigenvalue weighted by Gasteiger charge is -2.34. The Hall–Kier alpha value is -9.43. The molecule has 7 heterocycles. The van der Waals surface area contributed by atoms with E-state index in [0.29, 0.717) is 63.5 Å². The van der Waals surface area contributed by atoms with Crippen LogP contribution in [0.5, 0.6) is 0 Å². The van der Waals surface area contributed by atoms with Crippen LogP contribution < -0.4 is 54.4 Å². The number of nitrogens with zero attached hydrogens (tertiary/aromatic N) is 6. The molecule has 2 aromatic rings. The van der Waals surface area contributed by atoms with Gasteiger partial charge in [0.1, 0.15) is 66.5 Å². The highest BCUT2D eigenvalue weighted by Gasteiger charge is 2.47. The monoisotopic (exact) mass is 1380 g/mol. The average Bonchev–Trinajstić information content (AvgIpc) is 1.70. The molecule has 6 fully saturated rings. The zero-order valence-electron chi connectivity index (χ0n) is 56.3. The van der Waals surface area contributed by atoms with E-state index < -0.39 is 169 Å². The van der Waals surface area contributed by atoms with Gasteiger partial charge in [0.15, 0.2) is 5.96 Å². The van der Waals surface area contributed by atoms with E-state index in [1.165, 1.54) is 24.5 Å². The van der Waals surface area contributed by atoms with Crippen molar-refractivity contribution < 1.29 is 77.3 Å². The van der Waals surface area contributed by atoms with Crippen LogP contribution in [0.4, 0.5) is 0 Å². The van der Waals surface area contributed by atoms with Gasteiger partial charge in [-0.1, -0.05) is 38.5 Å². The molecule has 6 aliphatic rings. The maximum atomic E-state index is 15.1.